The summed E-state index contributed by atoms with van der Waals surface area (Å²) < 4.78 is 24.2. The first kappa shape index (κ1) is 12.8. The van der Waals surface area contributed by atoms with Crippen LogP contribution in [0.15, 0.2) is 58.3 Å². The molecule has 0 N–H and O–H groups in total. The molecule has 0 aliphatic carbocycles. The minimum absolute atomic E-state index is 0.00362. The van der Waals surface area contributed by atoms with E-state index in [-0.39, 0.29) is 11.0 Å². The van der Waals surface area contributed by atoms with Gasteiger partial charge in [-0.3, -0.25) is 0 Å². The Morgan fingerprint density at radius 3 is 2.47 bits per heavy atom. The molecule has 1 aliphatic heterocycles. The number of fused-ring (bicyclic) bond motifs is 1. The zero-order valence-electron chi connectivity index (χ0n) is 10.5. The molecule has 2 aromatic rings. The maximum atomic E-state index is 12.1. The smallest absolute Gasteiger partial charge is 0.180 e. The van der Waals surface area contributed by atoms with Gasteiger partial charge in [0.15, 0.2) is 9.84 Å². The van der Waals surface area contributed by atoms with Crippen LogP contribution in [0, 0.1) is 6.92 Å². The summed E-state index contributed by atoms with van der Waals surface area (Å²) in [5, 5.41) is 0.00362. The molecule has 0 amide bonds. The molecule has 0 fully saturated rings. The van der Waals surface area contributed by atoms with Crippen molar-refractivity contribution in [2.75, 3.05) is 5.75 Å². The SMILES string of the molecule is Cc1ccc(S[C@H]2CS(=O)(=O)c3ccccc32)cc1. The van der Waals surface area contributed by atoms with E-state index in [1.54, 1.807) is 23.9 Å². The lowest BCUT2D eigenvalue weighted by molar-refractivity contribution is 0.600. The minimum atomic E-state index is -3.10. The highest BCUT2D eigenvalue weighted by atomic mass is 32.2. The van der Waals surface area contributed by atoms with Gasteiger partial charge in [-0.15, -0.1) is 11.8 Å². The van der Waals surface area contributed by atoms with Crippen LogP contribution in [0.1, 0.15) is 16.4 Å². The van der Waals surface area contributed by atoms with Gasteiger partial charge in [0.2, 0.25) is 0 Å². The van der Waals surface area contributed by atoms with Crippen molar-refractivity contribution >= 4 is 21.6 Å². The summed E-state index contributed by atoms with van der Waals surface area (Å²) in [5.74, 6) is 0.199. The van der Waals surface area contributed by atoms with Crippen molar-refractivity contribution in [1.29, 1.82) is 0 Å². The molecule has 1 heterocycles. The summed E-state index contributed by atoms with van der Waals surface area (Å²) in [6.07, 6.45) is 0. The van der Waals surface area contributed by atoms with Crippen molar-refractivity contribution in [3.05, 3.63) is 59.7 Å². The van der Waals surface area contributed by atoms with Crippen LogP contribution in [0.2, 0.25) is 0 Å². The molecule has 3 rings (SSSR count). The molecule has 4 heteroatoms. The normalized spacial score (nSPS) is 20.2. The Balaban J connectivity index is 1.94. The number of aryl methyl sites for hydroxylation is 1. The molecule has 1 atom stereocenters. The summed E-state index contributed by atoms with van der Waals surface area (Å²) in [6, 6.07) is 15.5. The number of rotatable bonds is 2. The van der Waals surface area contributed by atoms with Crippen LogP contribution < -0.4 is 0 Å². The summed E-state index contributed by atoms with van der Waals surface area (Å²) >= 11 is 1.63. The maximum Gasteiger partial charge on any atom is 0.180 e. The van der Waals surface area contributed by atoms with Gasteiger partial charge in [-0.25, -0.2) is 8.42 Å². The van der Waals surface area contributed by atoms with Crippen LogP contribution in [0.5, 0.6) is 0 Å². The Hall–Kier alpha value is -1.26. The monoisotopic (exact) mass is 290 g/mol. The predicted molar refractivity (Wildman–Crippen MR) is 78.3 cm³/mol. The first-order valence-electron chi connectivity index (χ1n) is 6.11. The largest absolute Gasteiger partial charge is 0.224 e. The number of hydrogen-bond acceptors (Lipinski definition) is 3. The first-order chi connectivity index (χ1) is 9.06. The summed E-state index contributed by atoms with van der Waals surface area (Å²) in [7, 11) is -3.10. The quantitative estimate of drug-likeness (QED) is 0.847. The Labute approximate surface area is 117 Å². The molecule has 2 nitrogen and oxygen atoms in total. The highest BCUT2D eigenvalue weighted by molar-refractivity contribution is 8.01. The van der Waals surface area contributed by atoms with Crippen molar-refractivity contribution in [2.45, 2.75) is 22.0 Å². The summed E-state index contributed by atoms with van der Waals surface area (Å²) in [5.41, 5.74) is 2.15. The lowest BCUT2D eigenvalue weighted by Crippen LogP contribution is -2.00. The molecule has 19 heavy (non-hydrogen) atoms. The van der Waals surface area contributed by atoms with E-state index in [1.807, 2.05) is 31.2 Å². The van der Waals surface area contributed by atoms with E-state index in [0.717, 1.165) is 10.5 Å². The second-order valence-electron chi connectivity index (χ2n) is 4.74. The third-order valence-electron chi connectivity index (χ3n) is 3.27. The van der Waals surface area contributed by atoms with Crippen LogP contribution in [0.25, 0.3) is 0 Å². The number of benzene rings is 2. The minimum Gasteiger partial charge on any atom is -0.224 e. The molecule has 0 bridgehead atoms. The summed E-state index contributed by atoms with van der Waals surface area (Å²) in [4.78, 5) is 1.61. The topological polar surface area (TPSA) is 34.1 Å². The lowest BCUT2D eigenvalue weighted by atomic mass is 10.2. The summed E-state index contributed by atoms with van der Waals surface area (Å²) in [6.45, 7) is 2.05. The zero-order valence-corrected chi connectivity index (χ0v) is 12.2. The Kier molecular flexibility index (Phi) is 3.15. The predicted octanol–water partition coefficient (Wildman–Crippen LogP) is 3.62. The van der Waals surface area contributed by atoms with Gasteiger partial charge in [0.05, 0.1) is 15.9 Å². The molecular weight excluding hydrogens is 276 g/mol. The number of sulfone groups is 1. The van der Waals surface area contributed by atoms with E-state index in [1.165, 1.54) is 5.56 Å². The van der Waals surface area contributed by atoms with Gasteiger partial charge in [-0.05, 0) is 30.7 Å². The van der Waals surface area contributed by atoms with Crippen LogP contribution in [0.3, 0.4) is 0 Å². The lowest BCUT2D eigenvalue weighted by Gasteiger charge is -2.09. The van der Waals surface area contributed by atoms with E-state index in [2.05, 4.69) is 12.1 Å². The second-order valence-corrected chi connectivity index (χ2v) is 8.02. The molecule has 0 unspecified atom stereocenters. The van der Waals surface area contributed by atoms with Gasteiger partial charge in [-0.1, -0.05) is 35.9 Å². The molecule has 0 radical (unpaired) electrons. The van der Waals surface area contributed by atoms with Crippen LogP contribution in [-0.2, 0) is 9.84 Å². The molecule has 0 aromatic heterocycles. The van der Waals surface area contributed by atoms with Crippen LogP contribution in [0.4, 0.5) is 0 Å². The van der Waals surface area contributed by atoms with Gasteiger partial charge >= 0.3 is 0 Å². The Bertz CT molecular complexity index is 703. The standard InChI is InChI=1S/C15H14O2S2/c1-11-6-8-12(9-7-11)18-14-10-19(16,17)15-5-3-2-4-13(14)15/h2-9,14H,10H2,1H3/t14-/m0/s1. The van der Waals surface area contributed by atoms with E-state index in [0.29, 0.717) is 4.90 Å². The number of hydrogen-bond donors (Lipinski definition) is 0. The van der Waals surface area contributed by atoms with E-state index in [9.17, 15) is 8.42 Å². The van der Waals surface area contributed by atoms with E-state index >= 15 is 0 Å². The molecule has 2 aromatic carbocycles. The fraction of sp³-hybridized carbons (Fsp3) is 0.200. The molecule has 0 spiro atoms. The molecule has 98 valence electrons. The first-order valence-corrected chi connectivity index (χ1v) is 8.64. The van der Waals surface area contributed by atoms with Gasteiger partial charge in [0, 0.05) is 4.90 Å². The molecule has 0 saturated carbocycles. The van der Waals surface area contributed by atoms with Crippen molar-refractivity contribution < 1.29 is 8.42 Å². The number of thioether (sulfide) groups is 1. The van der Waals surface area contributed by atoms with Crippen molar-refractivity contribution in [1.82, 2.24) is 0 Å². The Morgan fingerprint density at radius 2 is 1.74 bits per heavy atom. The van der Waals surface area contributed by atoms with E-state index in [4.69, 9.17) is 0 Å². The van der Waals surface area contributed by atoms with Crippen molar-refractivity contribution in [3.63, 3.8) is 0 Å². The second kappa shape index (κ2) is 4.69. The maximum absolute atomic E-state index is 12.1. The average molecular weight is 290 g/mol. The fourth-order valence-electron chi connectivity index (χ4n) is 2.29. The van der Waals surface area contributed by atoms with Crippen LogP contribution >= 0.6 is 11.8 Å². The van der Waals surface area contributed by atoms with Crippen molar-refractivity contribution in [3.8, 4) is 0 Å². The third-order valence-corrected chi connectivity index (χ3v) is 6.55. The highest BCUT2D eigenvalue weighted by Crippen LogP contribution is 2.44. The zero-order chi connectivity index (χ0) is 13.5. The van der Waals surface area contributed by atoms with Gasteiger partial charge in [-0.2, -0.15) is 0 Å². The molecular formula is C15H14O2S2. The van der Waals surface area contributed by atoms with Crippen molar-refractivity contribution in [2.24, 2.45) is 0 Å². The third kappa shape index (κ3) is 2.42. The average Bonchev–Trinajstić information content (AvgIpc) is 2.65. The van der Waals surface area contributed by atoms with E-state index < -0.39 is 9.84 Å². The highest BCUT2D eigenvalue weighted by Gasteiger charge is 2.34. The van der Waals surface area contributed by atoms with Gasteiger partial charge < -0.3 is 0 Å². The Morgan fingerprint density at radius 1 is 1.05 bits per heavy atom. The van der Waals surface area contributed by atoms with Crippen LogP contribution in [-0.4, -0.2) is 14.2 Å². The van der Waals surface area contributed by atoms with Gasteiger partial charge in [0.1, 0.15) is 0 Å². The molecule has 0 saturated heterocycles. The van der Waals surface area contributed by atoms with Gasteiger partial charge in [0.25, 0.3) is 0 Å². The fourth-order valence-corrected chi connectivity index (χ4v) is 5.74. The molecule has 1 aliphatic rings.